The zero-order valence-electron chi connectivity index (χ0n) is 14.9. The number of thioether (sulfide) groups is 1. The third-order valence-electron chi connectivity index (χ3n) is 4.27. The Morgan fingerprint density at radius 2 is 1.36 bits per heavy atom. The van der Waals surface area contributed by atoms with Crippen LogP contribution in [0.3, 0.4) is 0 Å². The van der Waals surface area contributed by atoms with E-state index in [2.05, 4.69) is 26.9 Å². The van der Waals surface area contributed by atoms with Crippen LogP contribution in [0.15, 0.2) is 84.0 Å². The summed E-state index contributed by atoms with van der Waals surface area (Å²) in [6.07, 6.45) is 0.706. The van der Waals surface area contributed by atoms with Crippen LogP contribution in [0.25, 0.3) is 5.69 Å². The fourth-order valence-corrected chi connectivity index (χ4v) is 4.04. The molecular weight excluding hydrogens is 409 g/mol. The number of hydrogen-bond donors (Lipinski definition) is 0. The molecule has 6 heteroatoms. The van der Waals surface area contributed by atoms with Crippen molar-refractivity contribution in [2.45, 2.75) is 17.3 Å². The van der Waals surface area contributed by atoms with Gasteiger partial charge in [-0.05, 0) is 47.5 Å². The number of rotatable bonds is 6. The van der Waals surface area contributed by atoms with Crippen molar-refractivity contribution in [3.63, 3.8) is 0 Å². The molecule has 28 heavy (non-hydrogen) atoms. The lowest BCUT2D eigenvalue weighted by Gasteiger charge is -2.11. The normalized spacial score (nSPS) is 10.9. The molecule has 0 N–H and O–H groups in total. The Morgan fingerprint density at radius 1 is 0.714 bits per heavy atom. The summed E-state index contributed by atoms with van der Waals surface area (Å²) in [7, 11) is 0. The number of halogens is 2. The minimum Gasteiger partial charge on any atom is -0.274 e. The van der Waals surface area contributed by atoms with Crippen molar-refractivity contribution in [1.29, 1.82) is 0 Å². The summed E-state index contributed by atoms with van der Waals surface area (Å²) in [5, 5.41) is 11.2. The number of nitrogens with zero attached hydrogens (tertiary/aromatic N) is 3. The van der Waals surface area contributed by atoms with Gasteiger partial charge in [0, 0.05) is 27.9 Å². The second-order valence-electron chi connectivity index (χ2n) is 6.29. The Labute approximate surface area is 178 Å². The molecule has 0 bridgehead atoms. The summed E-state index contributed by atoms with van der Waals surface area (Å²) in [5.74, 6) is 1.68. The number of hydrogen-bond acceptors (Lipinski definition) is 3. The highest BCUT2D eigenvalue weighted by molar-refractivity contribution is 7.98. The maximum Gasteiger partial charge on any atom is 0.196 e. The van der Waals surface area contributed by atoms with Crippen molar-refractivity contribution < 1.29 is 0 Å². The van der Waals surface area contributed by atoms with Crippen LogP contribution in [0, 0.1) is 0 Å². The molecule has 4 rings (SSSR count). The fraction of sp³-hybridized carbons (Fsp3) is 0.0909. The lowest BCUT2D eigenvalue weighted by atomic mass is 10.1. The third kappa shape index (κ3) is 4.58. The molecule has 0 spiro atoms. The molecule has 1 heterocycles. The maximum absolute atomic E-state index is 6.08. The van der Waals surface area contributed by atoms with Gasteiger partial charge in [0.05, 0.1) is 0 Å². The standard InChI is InChI=1S/C22H17Cl2N3S/c23-18-8-6-17(7-9-18)15-28-22-26-25-21(14-16-4-2-1-3-5-16)27(22)20-12-10-19(24)11-13-20/h1-13H,14-15H2. The van der Waals surface area contributed by atoms with Crippen LogP contribution in [0.1, 0.15) is 17.0 Å². The molecule has 0 atom stereocenters. The first-order valence-electron chi connectivity index (χ1n) is 8.80. The first-order valence-corrected chi connectivity index (χ1v) is 10.5. The minimum atomic E-state index is 0.705. The first-order chi connectivity index (χ1) is 13.7. The smallest absolute Gasteiger partial charge is 0.196 e. The van der Waals surface area contributed by atoms with E-state index in [1.165, 1.54) is 11.1 Å². The molecule has 140 valence electrons. The van der Waals surface area contributed by atoms with E-state index in [1.807, 2.05) is 66.7 Å². The topological polar surface area (TPSA) is 30.7 Å². The zero-order chi connectivity index (χ0) is 19.3. The van der Waals surface area contributed by atoms with E-state index in [0.29, 0.717) is 11.4 Å². The van der Waals surface area contributed by atoms with Gasteiger partial charge in [0.2, 0.25) is 0 Å². The van der Waals surface area contributed by atoms with Crippen LogP contribution in [-0.2, 0) is 12.2 Å². The van der Waals surface area contributed by atoms with E-state index in [-0.39, 0.29) is 0 Å². The molecule has 1 aromatic heterocycles. The maximum atomic E-state index is 6.08. The van der Waals surface area contributed by atoms with Gasteiger partial charge in [-0.25, -0.2) is 0 Å². The van der Waals surface area contributed by atoms with Crippen molar-refractivity contribution in [2.75, 3.05) is 0 Å². The SMILES string of the molecule is Clc1ccc(CSc2nnc(Cc3ccccc3)n2-c2ccc(Cl)cc2)cc1. The molecule has 0 aliphatic heterocycles. The summed E-state index contributed by atoms with van der Waals surface area (Å²) in [6.45, 7) is 0. The quantitative estimate of drug-likeness (QED) is 0.332. The molecule has 0 aliphatic carbocycles. The van der Waals surface area contributed by atoms with Gasteiger partial charge in [-0.3, -0.25) is 4.57 Å². The summed E-state index contributed by atoms with van der Waals surface area (Å²) in [5.41, 5.74) is 3.38. The summed E-state index contributed by atoms with van der Waals surface area (Å²) in [4.78, 5) is 0. The second kappa shape index (κ2) is 8.82. The predicted molar refractivity (Wildman–Crippen MR) is 117 cm³/mol. The highest BCUT2D eigenvalue weighted by atomic mass is 35.5. The molecule has 3 nitrogen and oxygen atoms in total. The number of benzene rings is 3. The van der Waals surface area contributed by atoms with E-state index < -0.39 is 0 Å². The van der Waals surface area contributed by atoms with Crippen molar-refractivity contribution in [2.24, 2.45) is 0 Å². The zero-order valence-corrected chi connectivity index (χ0v) is 17.3. The van der Waals surface area contributed by atoms with Gasteiger partial charge in [-0.15, -0.1) is 10.2 Å². The lowest BCUT2D eigenvalue weighted by molar-refractivity contribution is 0.848. The Bertz CT molecular complexity index is 1050. The lowest BCUT2D eigenvalue weighted by Crippen LogP contribution is -2.03. The number of aromatic nitrogens is 3. The molecule has 0 saturated carbocycles. The Morgan fingerprint density at radius 3 is 2.04 bits per heavy atom. The first kappa shape index (κ1) is 19.1. The monoisotopic (exact) mass is 425 g/mol. The molecule has 0 radical (unpaired) electrons. The van der Waals surface area contributed by atoms with E-state index in [0.717, 1.165) is 27.4 Å². The van der Waals surface area contributed by atoms with Crippen LogP contribution >= 0.6 is 35.0 Å². The summed E-state index contributed by atoms with van der Waals surface area (Å²) in [6, 6.07) is 25.9. The van der Waals surface area contributed by atoms with Gasteiger partial charge in [-0.1, -0.05) is 77.4 Å². The molecule has 0 amide bonds. The van der Waals surface area contributed by atoms with E-state index in [1.54, 1.807) is 11.8 Å². The Balaban J connectivity index is 1.65. The van der Waals surface area contributed by atoms with Crippen molar-refractivity contribution in [3.8, 4) is 5.69 Å². The molecule has 0 aliphatic rings. The average Bonchev–Trinajstić information content (AvgIpc) is 3.11. The van der Waals surface area contributed by atoms with Crippen molar-refractivity contribution >= 4 is 35.0 Å². The van der Waals surface area contributed by atoms with Crippen LogP contribution in [0.4, 0.5) is 0 Å². The van der Waals surface area contributed by atoms with Gasteiger partial charge in [0.25, 0.3) is 0 Å². The highest BCUT2D eigenvalue weighted by Gasteiger charge is 2.15. The van der Waals surface area contributed by atoms with Gasteiger partial charge >= 0.3 is 0 Å². The van der Waals surface area contributed by atoms with Gasteiger partial charge in [0.15, 0.2) is 5.16 Å². The molecule has 0 saturated heterocycles. The van der Waals surface area contributed by atoms with E-state index >= 15 is 0 Å². The van der Waals surface area contributed by atoms with Gasteiger partial charge in [-0.2, -0.15) is 0 Å². The second-order valence-corrected chi connectivity index (χ2v) is 8.10. The van der Waals surface area contributed by atoms with Gasteiger partial charge < -0.3 is 0 Å². The summed E-state index contributed by atoms with van der Waals surface area (Å²) < 4.78 is 2.10. The Kier molecular flexibility index (Phi) is 6.01. The van der Waals surface area contributed by atoms with Crippen LogP contribution in [0.5, 0.6) is 0 Å². The van der Waals surface area contributed by atoms with E-state index in [4.69, 9.17) is 23.2 Å². The third-order valence-corrected chi connectivity index (χ3v) is 5.78. The van der Waals surface area contributed by atoms with Crippen LogP contribution in [-0.4, -0.2) is 14.8 Å². The van der Waals surface area contributed by atoms with Crippen LogP contribution in [0.2, 0.25) is 10.0 Å². The predicted octanol–water partition coefficient (Wildman–Crippen LogP) is 6.46. The van der Waals surface area contributed by atoms with Crippen molar-refractivity contribution in [3.05, 3.63) is 106 Å². The van der Waals surface area contributed by atoms with Crippen LogP contribution < -0.4 is 0 Å². The average molecular weight is 426 g/mol. The summed E-state index contributed by atoms with van der Waals surface area (Å²) >= 11 is 13.7. The molecule has 4 aromatic rings. The van der Waals surface area contributed by atoms with Gasteiger partial charge in [0.1, 0.15) is 5.82 Å². The molecule has 3 aromatic carbocycles. The molecular formula is C22H17Cl2N3S. The van der Waals surface area contributed by atoms with Crippen molar-refractivity contribution in [1.82, 2.24) is 14.8 Å². The Hall–Kier alpha value is -2.27. The minimum absolute atomic E-state index is 0.705. The largest absolute Gasteiger partial charge is 0.274 e. The highest BCUT2D eigenvalue weighted by Crippen LogP contribution is 2.27. The van der Waals surface area contributed by atoms with E-state index in [9.17, 15) is 0 Å². The molecule has 0 unspecified atom stereocenters. The fourth-order valence-electron chi connectivity index (χ4n) is 2.86. The molecule has 0 fully saturated rings.